The largest absolute Gasteiger partial charge is 0.303 e. The quantitative estimate of drug-likeness (QED) is 0.467. The van der Waals surface area contributed by atoms with E-state index in [1.165, 1.54) is 17.3 Å². The predicted molar refractivity (Wildman–Crippen MR) is 116 cm³/mol. The molecule has 29 heavy (non-hydrogen) atoms. The summed E-state index contributed by atoms with van der Waals surface area (Å²) in [5.41, 5.74) is 3.88. The Balaban J connectivity index is 1.65. The molecule has 0 fully saturated rings. The van der Waals surface area contributed by atoms with E-state index in [-0.39, 0.29) is 0 Å². The van der Waals surface area contributed by atoms with Crippen LogP contribution in [0.15, 0.2) is 52.6 Å². The lowest BCUT2D eigenvalue weighted by atomic mass is 10.1. The molecule has 0 amide bonds. The summed E-state index contributed by atoms with van der Waals surface area (Å²) < 4.78 is 1.69. The molecule has 0 aliphatic rings. The number of fused-ring (bicyclic) bond motifs is 2. The SMILES string of the molecule is CCN(CC)Cc1cnc2ccc(Sc3nnc4ccc(C(C)=N)nn34)cc2c1. The number of nitrogens with zero attached hydrogens (tertiary/aromatic N) is 6. The first-order valence-electron chi connectivity index (χ1n) is 9.64. The number of nitrogens with one attached hydrogen (secondary N) is 1. The van der Waals surface area contributed by atoms with Crippen LogP contribution in [0.2, 0.25) is 0 Å². The smallest absolute Gasteiger partial charge is 0.217 e. The third kappa shape index (κ3) is 4.13. The number of aromatic nitrogens is 5. The molecule has 148 valence electrons. The zero-order valence-corrected chi connectivity index (χ0v) is 17.6. The lowest BCUT2D eigenvalue weighted by Gasteiger charge is -2.17. The van der Waals surface area contributed by atoms with Gasteiger partial charge in [-0.1, -0.05) is 13.8 Å². The first-order valence-corrected chi connectivity index (χ1v) is 10.5. The second-order valence-electron chi connectivity index (χ2n) is 6.86. The van der Waals surface area contributed by atoms with Crippen LogP contribution < -0.4 is 0 Å². The van der Waals surface area contributed by atoms with Crippen LogP contribution in [0.1, 0.15) is 32.0 Å². The van der Waals surface area contributed by atoms with Crippen LogP contribution in [-0.2, 0) is 6.54 Å². The number of benzene rings is 1. The van der Waals surface area contributed by atoms with Crippen LogP contribution >= 0.6 is 11.8 Å². The first kappa shape index (κ1) is 19.5. The molecule has 0 atom stereocenters. The Morgan fingerprint density at radius 3 is 2.69 bits per heavy atom. The molecule has 0 spiro atoms. The zero-order chi connectivity index (χ0) is 20.4. The summed E-state index contributed by atoms with van der Waals surface area (Å²) in [6.07, 6.45) is 1.96. The molecule has 0 radical (unpaired) electrons. The van der Waals surface area contributed by atoms with Crippen molar-refractivity contribution in [3.63, 3.8) is 0 Å². The second kappa shape index (κ2) is 8.26. The van der Waals surface area contributed by atoms with E-state index in [1.54, 1.807) is 17.5 Å². The second-order valence-corrected chi connectivity index (χ2v) is 7.90. The Labute approximate surface area is 173 Å². The van der Waals surface area contributed by atoms with Crippen molar-refractivity contribution in [3.8, 4) is 0 Å². The molecule has 0 aliphatic carbocycles. The first-order chi connectivity index (χ1) is 14.1. The Morgan fingerprint density at radius 1 is 1.10 bits per heavy atom. The molecule has 4 rings (SSSR count). The Hall–Kier alpha value is -2.84. The van der Waals surface area contributed by atoms with Gasteiger partial charge in [0, 0.05) is 23.0 Å². The summed E-state index contributed by atoms with van der Waals surface area (Å²) in [5.74, 6) is 0. The maximum absolute atomic E-state index is 7.81. The van der Waals surface area contributed by atoms with Crippen LogP contribution in [0.3, 0.4) is 0 Å². The summed E-state index contributed by atoms with van der Waals surface area (Å²) in [4.78, 5) is 8.04. The van der Waals surface area contributed by atoms with Gasteiger partial charge in [0.2, 0.25) is 5.16 Å². The third-order valence-electron chi connectivity index (χ3n) is 4.84. The van der Waals surface area contributed by atoms with Crippen molar-refractivity contribution in [1.29, 1.82) is 5.41 Å². The van der Waals surface area contributed by atoms with Gasteiger partial charge >= 0.3 is 0 Å². The highest BCUT2D eigenvalue weighted by Crippen LogP contribution is 2.29. The summed E-state index contributed by atoms with van der Waals surface area (Å²) in [7, 11) is 0. The topological polar surface area (TPSA) is 83.1 Å². The molecular formula is C21H23N7S. The Kier molecular flexibility index (Phi) is 5.55. The van der Waals surface area contributed by atoms with Gasteiger partial charge in [0.05, 0.1) is 11.2 Å². The van der Waals surface area contributed by atoms with Gasteiger partial charge < -0.3 is 5.41 Å². The van der Waals surface area contributed by atoms with Crippen molar-refractivity contribution in [2.75, 3.05) is 13.1 Å². The summed E-state index contributed by atoms with van der Waals surface area (Å²) >= 11 is 1.51. The van der Waals surface area contributed by atoms with Gasteiger partial charge in [0.25, 0.3) is 0 Å². The van der Waals surface area contributed by atoms with Crippen LogP contribution in [0.5, 0.6) is 0 Å². The molecular weight excluding hydrogens is 382 g/mol. The monoisotopic (exact) mass is 405 g/mol. The van der Waals surface area contributed by atoms with Gasteiger partial charge in [-0.05, 0) is 73.7 Å². The lowest BCUT2D eigenvalue weighted by Crippen LogP contribution is -2.22. The fourth-order valence-electron chi connectivity index (χ4n) is 3.15. The third-order valence-corrected chi connectivity index (χ3v) is 5.76. The molecule has 3 heterocycles. The molecule has 7 nitrogen and oxygen atoms in total. The van der Waals surface area contributed by atoms with Gasteiger partial charge in [-0.15, -0.1) is 10.2 Å². The maximum atomic E-state index is 7.81. The lowest BCUT2D eigenvalue weighted by molar-refractivity contribution is 0.295. The minimum absolute atomic E-state index is 0.411. The van der Waals surface area contributed by atoms with Crippen LogP contribution in [-0.4, -0.2) is 48.5 Å². The van der Waals surface area contributed by atoms with Gasteiger partial charge in [-0.25, -0.2) is 0 Å². The minimum Gasteiger partial charge on any atom is -0.303 e. The molecule has 0 unspecified atom stereocenters. The predicted octanol–water partition coefficient (Wildman–Crippen LogP) is 4.05. The van der Waals surface area contributed by atoms with Gasteiger partial charge in [0.1, 0.15) is 5.69 Å². The van der Waals surface area contributed by atoms with Crippen molar-refractivity contribution in [3.05, 3.63) is 53.9 Å². The minimum atomic E-state index is 0.411. The molecule has 3 aromatic heterocycles. The van der Waals surface area contributed by atoms with E-state index in [1.807, 2.05) is 24.4 Å². The van der Waals surface area contributed by atoms with Crippen LogP contribution in [0, 0.1) is 5.41 Å². The maximum Gasteiger partial charge on any atom is 0.217 e. The molecule has 0 aliphatic heterocycles. The van der Waals surface area contributed by atoms with Crippen LogP contribution in [0.4, 0.5) is 0 Å². The molecule has 8 heteroatoms. The van der Waals surface area contributed by atoms with Crippen LogP contribution in [0.25, 0.3) is 16.6 Å². The molecule has 0 saturated heterocycles. The number of rotatable bonds is 7. The van der Waals surface area contributed by atoms with E-state index < -0.39 is 0 Å². The fraction of sp³-hybridized carbons (Fsp3) is 0.286. The van der Waals surface area contributed by atoms with E-state index in [9.17, 15) is 0 Å². The average Bonchev–Trinajstić information content (AvgIpc) is 3.13. The standard InChI is InChI=1S/C21H23N7S/c1-4-27(5-2)13-15-10-16-11-17(6-7-19(16)23-12-15)29-21-25-24-20-9-8-18(14(3)22)26-28(20)21/h6-12,22H,4-5,13H2,1-3H3. The molecule has 0 bridgehead atoms. The van der Waals surface area contributed by atoms with E-state index in [0.717, 1.165) is 35.4 Å². The van der Waals surface area contributed by atoms with Crippen molar-refractivity contribution >= 4 is 34.0 Å². The summed E-state index contributed by atoms with van der Waals surface area (Å²) in [5, 5.41) is 22.5. The van der Waals surface area contributed by atoms with Gasteiger partial charge in [-0.2, -0.15) is 9.61 Å². The summed E-state index contributed by atoms with van der Waals surface area (Å²) in [6, 6.07) is 12.0. The zero-order valence-electron chi connectivity index (χ0n) is 16.8. The highest BCUT2D eigenvalue weighted by molar-refractivity contribution is 7.99. The normalized spacial score (nSPS) is 11.6. The number of hydrogen-bond acceptors (Lipinski definition) is 7. The van der Waals surface area contributed by atoms with E-state index in [2.05, 4.69) is 51.2 Å². The van der Waals surface area contributed by atoms with Crippen molar-refractivity contribution in [1.82, 2.24) is 29.7 Å². The van der Waals surface area contributed by atoms with E-state index in [0.29, 0.717) is 22.2 Å². The van der Waals surface area contributed by atoms with Crippen molar-refractivity contribution in [2.45, 2.75) is 37.4 Å². The Morgan fingerprint density at radius 2 is 1.93 bits per heavy atom. The number of pyridine rings is 1. The molecule has 0 saturated carbocycles. The fourth-order valence-corrected chi connectivity index (χ4v) is 3.98. The van der Waals surface area contributed by atoms with E-state index in [4.69, 9.17) is 5.41 Å². The van der Waals surface area contributed by atoms with E-state index >= 15 is 0 Å². The average molecular weight is 406 g/mol. The van der Waals surface area contributed by atoms with Gasteiger partial charge in [-0.3, -0.25) is 9.88 Å². The number of hydrogen-bond donors (Lipinski definition) is 1. The highest BCUT2D eigenvalue weighted by Gasteiger charge is 2.11. The molecule has 1 aromatic carbocycles. The Bertz CT molecular complexity index is 1180. The van der Waals surface area contributed by atoms with Gasteiger partial charge in [0.15, 0.2) is 5.65 Å². The molecule has 1 N–H and O–H groups in total. The van der Waals surface area contributed by atoms with Crippen molar-refractivity contribution in [2.24, 2.45) is 0 Å². The van der Waals surface area contributed by atoms with Crippen molar-refractivity contribution < 1.29 is 0 Å². The highest BCUT2D eigenvalue weighted by atomic mass is 32.2. The molecule has 4 aromatic rings. The summed E-state index contributed by atoms with van der Waals surface area (Å²) in [6.45, 7) is 9.02.